The van der Waals surface area contributed by atoms with E-state index in [4.69, 9.17) is 0 Å². The van der Waals surface area contributed by atoms with Crippen molar-refractivity contribution in [3.8, 4) is 0 Å². The molecule has 1 heterocycles. The summed E-state index contributed by atoms with van der Waals surface area (Å²) in [5, 5.41) is 6.89. The molecule has 4 rings (SSSR count). The Labute approximate surface area is 170 Å². The number of nitrogens with zero attached hydrogens (tertiary/aromatic N) is 2. The van der Waals surface area contributed by atoms with Gasteiger partial charge in [-0.25, -0.2) is 8.78 Å². The molecular weight excluding hydrogens is 449 g/mol. The number of aliphatic imine (C=N–C) groups is 1. The number of para-hydroxylation sites is 1. The summed E-state index contributed by atoms with van der Waals surface area (Å²) < 4.78 is 27.9. The minimum Gasteiger partial charge on any atom is -0.365 e. The fourth-order valence-electron chi connectivity index (χ4n) is 4.11. The van der Waals surface area contributed by atoms with Crippen LogP contribution in [0.15, 0.2) is 23.2 Å². The zero-order valence-corrected chi connectivity index (χ0v) is 17.4. The lowest BCUT2D eigenvalue weighted by molar-refractivity contribution is 0.430. The molecule has 1 aromatic carbocycles. The van der Waals surface area contributed by atoms with Gasteiger partial charge in [-0.05, 0) is 55.6 Å². The van der Waals surface area contributed by atoms with Crippen molar-refractivity contribution in [3.63, 3.8) is 0 Å². The number of guanidine groups is 1. The van der Waals surface area contributed by atoms with Gasteiger partial charge in [0.2, 0.25) is 0 Å². The Morgan fingerprint density at radius 3 is 2.50 bits per heavy atom. The quantitative estimate of drug-likeness (QED) is 0.388. The molecule has 2 aliphatic carbocycles. The van der Waals surface area contributed by atoms with Crippen LogP contribution in [0.3, 0.4) is 0 Å². The second-order valence-corrected chi connectivity index (χ2v) is 7.71. The fraction of sp³-hybridized carbons (Fsp3) is 0.632. The maximum Gasteiger partial charge on any atom is 0.191 e. The molecular formula is C19H27F2IN4. The summed E-state index contributed by atoms with van der Waals surface area (Å²) in [6.45, 7) is 2.20. The standard InChI is InChI=1S/C19H26F2N4.HI/c1-22-18(23-12-19(8-9-19)13-5-6-13)24-14-7-10-25(11-14)17-15(20)3-2-4-16(17)21;/h2-4,13-14H,5-12H2,1H3,(H2,22,23,24);1H. The summed E-state index contributed by atoms with van der Waals surface area (Å²) in [6, 6.07) is 4.17. The number of anilines is 1. The molecule has 0 bridgehead atoms. The van der Waals surface area contributed by atoms with Crippen molar-refractivity contribution in [2.75, 3.05) is 31.6 Å². The smallest absolute Gasteiger partial charge is 0.191 e. The first-order valence-corrected chi connectivity index (χ1v) is 9.27. The van der Waals surface area contributed by atoms with Crippen molar-refractivity contribution in [1.82, 2.24) is 10.6 Å². The maximum absolute atomic E-state index is 14.0. The average molecular weight is 476 g/mol. The summed E-state index contributed by atoms with van der Waals surface area (Å²) in [7, 11) is 1.77. The van der Waals surface area contributed by atoms with E-state index in [0.717, 1.165) is 24.8 Å². The highest BCUT2D eigenvalue weighted by molar-refractivity contribution is 14.0. The molecule has 1 aromatic rings. The molecule has 3 aliphatic rings. The van der Waals surface area contributed by atoms with Gasteiger partial charge in [-0.1, -0.05) is 6.07 Å². The van der Waals surface area contributed by atoms with E-state index in [1.165, 1.54) is 43.9 Å². The topological polar surface area (TPSA) is 39.7 Å². The van der Waals surface area contributed by atoms with Crippen molar-refractivity contribution >= 4 is 35.6 Å². The summed E-state index contributed by atoms with van der Waals surface area (Å²) in [5.41, 5.74) is 0.593. The number of nitrogens with one attached hydrogen (secondary N) is 2. The van der Waals surface area contributed by atoms with Gasteiger partial charge in [-0.2, -0.15) is 0 Å². The predicted molar refractivity (Wildman–Crippen MR) is 111 cm³/mol. The molecule has 7 heteroatoms. The molecule has 3 fully saturated rings. The molecule has 0 aromatic heterocycles. The third-order valence-electron chi connectivity index (χ3n) is 5.95. The van der Waals surface area contributed by atoms with E-state index < -0.39 is 11.6 Å². The van der Waals surface area contributed by atoms with Crippen LogP contribution in [-0.2, 0) is 0 Å². The Balaban J connectivity index is 0.00000196. The Hall–Kier alpha value is -1.12. The van der Waals surface area contributed by atoms with Crippen molar-refractivity contribution in [2.24, 2.45) is 16.3 Å². The number of hydrogen-bond acceptors (Lipinski definition) is 2. The lowest BCUT2D eigenvalue weighted by Gasteiger charge is -2.22. The summed E-state index contributed by atoms with van der Waals surface area (Å²) >= 11 is 0. The number of benzene rings is 1. The summed E-state index contributed by atoms with van der Waals surface area (Å²) in [4.78, 5) is 6.10. The van der Waals surface area contributed by atoms with E-state index in [-0.39, 0.29) is 35.7 Å². The molecule has 0 radical (unpaired) electrons. The SMILES string of the molecule is CN=C(NCC1(C2CC2)CC1)NC1CCN(c2c(F)cccc2F)C1.I. The van der Waals surface area contributed by atoms with E-state index in [1.54, 1.807) is 11.9 Å². The normalized spacial score (nSPS) is 24.2. The first-order valence-electron chi connectivity index (χ1n) is 9.27. The van der Waals surface area contributed by atoms with E-state index in [0.29, 0.717) is 18.5 Å². The molecule has 0 spiro atoms. The number of halogens is 3. The van der Waals surface area contributed by atoms with E-state index in [9.17, 15) is 8.78 Å². The van der Waals surface area contributed by atoms with E-state index >= 15 is 0 Å². The van der Waals surface area contributed by atoms with Crippen LogP contribution in [0.25, 0.3) is 0 Å². The van der Waals surface area contributed by atoms with Crippen LogP contribution >= 0.6 is 24.0 Å². The average Bonchev–Trinajstić information content (AvgIpc) is 3.50. The Bertz CT molecular complexity index is 653. The van der Waals surface area contributed by atoms with Crippen LogP contribution in [0.2, 0.25) is 0 Å². The molecule has 1 aliphatic heterocycles. The summed E-state index contributed by atoms with van der Waals surface area (Å²) in [6.07, 6.45) is 6.23. The largest absolute Gasteiger partial charge is 0.365 e. The van der Waals surface area contributed by atoms with Gasteiger partial charge in [0.15, 0.2) is 5.96 Å². The van der Waals surface area contributed by atoms with Gasteiger partial charge in [0.25, 0.3) is 0 Å². The zero-order chi connectivity index (χ0) is 17.4. The molecule has 1 saturated heterocycles. The molecule has 2 saturated carbocycles. The van der Waals surface area contributed by atoms with Crippen LogP contribution in [0.1, 0.15) is 32.1 Å². The Morgan fingerprint density at radius 1 is 1.23 bits per heavy atom. The Morgan fingerprint density at radius 2 is 1.92 bits per heavy atom. The number of hydrogen-bond donors (Lipinski definition) is 2. The minimum absolute atomic E-state index is 0. The monoisotopic (exact) mass is 476 g/mol. The second kappa shape index (κ2) is 7.86. The van der Waals surface area contributed by atoms with Crippen LogP contribution in [0.4, 0.5) is 14.5 Å². The molecule has 26 heavy (non-hydrogen) atoms. The van der Waals surface area contributed by atoms with E-state index in [1.807, 2.05) is 0 Å². The lowest BCUT2D eigenvalue weighted by Crippen LogP contribution is -2.46. The molecule has 1 unspecified atom stereocenters. The molecule has 0 amide bonds. The van der Waals surface area contributed by atoms with Gasteiger partial charge >= 0.3 is 0 Å². The van der Waals surface area contributed by atoms with Gasteiger partial charge in [0.05, 0.1) is 0 Å². The van der Waals surface area contributed by atoms with Crippen LogP contribution in [0.5, 0.6) is 0 Å². The first kappa shape index (κ1) is 19.6. The predicted octanol–water partition coefficient (Wildman–Crippen LogP) is 3.52. The van der Waals surface area contributed by atoms with Gasteiger partial charge in [0, 0.05) is 32.7 Å². The van der Waals surface area contributed by atoms with Crippen molar-refractivity contribution in [3.05, 3.63) is 29.8 Å². The molecule has 144 valence electrons. The highest BCUT2D eigenvalue weighted by Gasteiger charge is 2.53. The molecule has 4 nitrogen and oxygen atoms in total. The summed E-state index contributed by atoms with van der Waals surface area (Å²) in [5.74, 6) is 0.712. The number of rotatable bonds is 5. The van der Waals surface area contributed by atoms with Gasteiger partial charge < -0.3 is 15.5 Å². The maximum atomic E-state index is 14.0. The van der Waals surface area contributed by atoms with Crippen LogP contribution in [0, 0.1) is 23.0 Å². The molecule has 2 N–H and O–H groups in total. The third-order valence-corrected chi connectivity index (χ3v) is 5.95. The molecule has 1 atom stereocenters. The van der Waals surface area contributed by atoms with Gasteiger partial charge in [-0.3, -0.25) is 4.99 Å². The first-order chi connectivity index (χ1) is 12.1. The van der Waals surface area contributed by atoms with Gasteiger partial charge in [-0.15, -0.1) is 24.0 Å². The van der Waals surface area contributed by atoms with Crippen LogP contribution in [-0.4, -0.2) is 38.7 Å². The van der Waals surface area contributed by atoms with Crippen molar-refractivity contribution in [2.45, 2.75) is 38.1 Å². The second-order valence-electron chi connectivity index (χ2n) is 7.71. The fourth-order valence-corrected chi connectivity index (χ4v) is 4.11. The highest BCUT2D eigenvalue weighted by atomic mass is 127. The van der Waals surface area contributed by atoms with Crippen LogP contribution < -0.4 is 15.5 Å². The highest BCUT2D eigenvalue weighted by Crippen LogP contribution is 2.60. The Kier molecular flexibility index (Phi) is 5.94. The van der Waals surface area contributed by atoms with E-state index in [2.05, 4.69) is 15.6 Å². The third kappa shape index (κ3) is 4.07. The van der Waals surface area contributed by atoms with Gasteiger partial charge in [0.1, 0.15) is 17.3 Å². The lowest BCUT2D eigenvalue weighted by atomic mass is 10.0. The zero-order valence-electron chi connectivity index (χ0n) is 15.1. The van der Waals surface area contributed by atoms with Crippen molar-refractivity contribution < 1.29 is 8.78 Å². The van der Waals surface area contributed by atoms with Crippen molar-refractivity contribution in [1.29, 1.82) is 0 Å². The minimum atomic E-state index is -0.497.